The molecule has 68 valence electrons. The van der Waals surface area contributed by atoms with Gasteiger partial charge in [0.1, 0.15) is 12.7 Å². The van der Waals surface area contributed by atoms with Crippen molar-refractivity contribution in [3.05, 3.63) is 0 Å². The molecule has 0 aromatic heterocycles. The van der Waals surface area contributed by atoms with E-state index in [1.807, 2.05) is 6.92 Å². The average Bonchev–Trinajstić information content (AvgIpc) is 2.01. The van der Waals surface area contributed by atoms with Gasteiger partial charge in [-0.05, 0) is 6.42 Å². The van der Waals surface area contributed by atoms with Crippen molar-refractivity contribution in [1.82, 2.24) is 0 Å². The first-order chi connectivity index (χ1) is 5.70. The van der Waals surface area contributed by atoms with Gasteiger partial charge in [-0.2, -0.15) is 0 Å². The molecule has 0 amide bonds. The number of ether oxygens (including phenoxy) is 1. The molecule has 0 N–H and O–H groups in total. The lowest BCUT2D eigenvalue weighted by Crippen LogP contribution is -2.11. The Morgan fingerprint density at radius 3 is 2.58 bits per heavy atom. The fourth-order valence-corrected chi connectivity index (χ4v) is 0.593. The fourth-order valence-electron chi connectivity index (χ4n) is 0.593. The van der Waals surface area contributed by atoms with Crippen molar-refractivity contribution >= 4 is 18.0 Å². The smallest absolute Gasteiger partial charge is 0.313 e. The highest BCUT2D eigenvalue weighted by Gasteiger charge is 2.08. The molecule has 12 heavy (non-hydrogen) atoms. The van der Waals surface area contributed by atoms with Crippen LogP contribution in [0.4, 0.5) is 0 Å². The number of rotatable bonds is 6. The summed E-state index contributed by atoms with van der Waals surface area (Å²) in [6.45, 7) is 2.19. The molecular formula is C8H12O4. The lowest BCUT2D eigenvalue weighted by Gasteiger charge is -1.99. The van der Waals surface area contributed by atoms with Gasteiger partial charge in [0.15, 0.2) is 5.78 Å². The monoisotopic (exact) mass is 172 g/mol. The Morgan fingerprint density at radius 1 is 1.42 bits per heavy atom. The number of hydrogen-bond acceptors (Lipinski definition) is 4. The summed E-state index contributed by atoms with van der Waals surface area (Å²) in [6, 6.07) is 0. The van der Waals surface area contributed by atoms with Crippen molar-refractivity contribution in [2.45, 2.75) is 26.2 Å². The zero-order valence-corrected chi connectivity index (χ0v) is 7.04. The summed E-state index contributed by atoms with van der Waals surface area (Å²) in [5.41, 5.74) is 0. The van der Waals surface area contributed by atoms with Gasteiger partial charge < -0.3 is 9.53 Å². The molecule has 0 rings (SSSR count). The largest absolute Gasteiger partial charge is 0.465 e. The molecule has 0 aliphatic carbocycles. The van der Waals surface area contributed by atoms with Gasteiger partial charge in [0.25, 0.3) is 0 Å². The van der Waals surface area contributed by atoms with Gasteiger partial charge in [0.2, 0.25) is 0 Å². The average molecular weight is 172 g/mol. The van der Waals surface area contributed by atoms with Crippen LogP contribution in [0.1, 0.15) is 26.2 Å². The van der Waals surface area contributed by atoms with Crippen LogP contribution in [-0.2, 0) is 19.1 Å². The van der Waals surface area contributed by atoms with E-state index in [0.29, 0.717) is 12.9 Å². The molecular weight excluding hydrogens is 160 g/mol. The highest BCUT2D eigenvalue weighted by molar-refractivity contribution is 6.00. The number of carbonyl (C=O) groups excluding carboxylic acids is 3. The zero-order chi connectivity index (χ0) is 9.40. The van der Waals surface area contributed by atoms with Gasteiger partial charge in [-0.3, -0.25) is 9.59 Å². The van der Waals surface area contributed by atoms with Crippen LogP contribution >= 0.6 is 0 Å². The minimum Gasteiger partial charge on any atom is -0.465 e. The van der Waals surface area contributed by atoms with E-state index in [0.717, 1.165) is 6.42 Å². The maximum absolute atomic E-state index is 10.7. The standard InChI is InChI=1S/C8H12O4/c1-2-5-12-8(11)6-7(10)3-4-9/h4H,2-3,5-6H2,1H3. The molecule has 0 spiro atoms. The van der Waals surface area contributed by atoms with Gasteiger partial charge in [-0.25, -0.2) is 0 Å². The van der Waals surface area contributed by atoms with Crippen molar-refractivity contribution in [3.8, 4) is 0 Å². The van der Waals surface area contributed by atoms with Gasteiger partial charge in [0.05, 0.1) is 13.0 Å². The van der Waals surface area contributed by atoms with E-state index in [-0.39, 0.29) is 12.8 Å². The van der Waals surface area contributed by atoms with E-state index in [1.165, 1.54) is 0 Å². The predicted molar refractivity (Wildman–Crippen MR) is 41.6 cm³/mol. The van der Waals surface area contributed by atoms with Crippen LogP contribution in [0.5, 0.6) is 0 Å². The number of Topliss-reactive ketones (excluding diaryl/α,β-unsaturated/α-hetero) is 1. The van der Waals surface area contributed by atoms with Gasteiger partial charge in [-0.15, -0.1) is 0 Å². The van der Waals surface area contributed by atoms with Crippen LogP contribution in [0.15, 0.2) is 0 Å². The number of aldehydes is 1. The van der Waals surface area contributed by atoms with Crippen LogP contribution < -0.4 is 0 Å². The quantitative estimate of drug-likeness (QED) is 0.332. The van der Waals surface area contributed by atoms with Gasteiger partial charge in [-0.1, -0.05) is 6.92 Å². The molecule has 0 aliphatic heterocycles. The summed E-state index contributed by atoms with van der Waals surface area (Å²) in [5, 5.41) is 0. The molecule has 0 atom stereocenters. The van der Waals surface area contributed by atoms with Crippen LogP contribution in [0.25, 0.3) is 0 Å². The Kier molecular flexibility index (Phi) is 5.87. The third-order valence-electron chi connectivity index (χ3n) is 1.12. The summed E-state index contributed by atoms with van der Waals surface area (Å²) in [6.07, 6.45) is 0.711. The number of carbonyl (C=O) groups is 3. The van der Waals surface area contributed by atoms with Crippen molar-refractivity contribution in [2.24, 2.45) is 0 Å². The molecule has 0 unspecified atom stereocenters. The summed E-state index contributed by atoms with van der Waals surface area (Å²) in [5.74, 6) is -0.949. The lowest BCUT2D eigenvalue weighted by molar-refractivity contribution is -0.146. The zero-order valence-electron chi connectivity index (χ0n) is 7.04. The third-order valence-corrected chi connectivity index (χ3v) is 1.12. The Labute approximate surface area is 70.9 Å². The second kappa shape index (κ2) is 6.52. The maximum Gasteiger partial charge on any atom is 0.313 e. The van der Waals surface area contributed by atoms with Gasteiger partial charge in [0, 0.05) is 0 Å². The Bertz CT molecular complexity index is 174. The summed E-state index contributed by atoms with van der Waals surface area (Å²) >= 11 is 0. The molecule has 4 heteroatoms. The third kappa shape index (κ3) is 5.58. The van der Waals surface area contributed by atoms with Crippen LogP contribution in [-0.4, -0.2) is 24.6 Å². The first-order valence-electron chi connectivity index (χ1n) is 3.81. The molecule has 0 saturated carbocycles. The maximum atomic E-state index is 10.7. The Hall–Kier alpha value is -1.19. The number of esters is 1. The number of hydrogen-bond donors (Lipinski definition) is 0. The minimum atomic E-state index is -0.552. The molecule has 0 radical (unpaired) electrons. The van der Waals surface area contributed by atoms with E-state index in [9.17, 15) is 14.4 Å². The van der Waals surface area contributed by atoms with Crippen molar-refractivity contribution < 1.29 is 19.1 Å². The van der Waals surface area contributed by atoms with Crippen LogP contribution in [0.3, 0.4) is 0 Å². The predicted octanol–water partition coefficient (Wildman–Crippen LogP) is 0.488. The first-order valence-corrected chi connectivity index (χ1v) is 3.81. The van der Waals surface area contributed by atoms with E-state index < -0.39 is 11.8 Å². The molecule has 0 saturated heterocycles. The summed E-state index contributed by atoms with van der Waals surface area (Å²) < 4.78 is 4.63. The molecule has 0 bridgehead atoms. The molecule has 0 fully saturated rings. The molecule has 4 nitrogen and oxygen atoms in total. The molecule has 0 aliphatic rings. The summed E-state index contributed by atoms with van der Waals surface area (Å²) in [4.78, 5) is 31.3. The highest BCUT2D eigenvalue weighted by Crippen LogP contribution is 1.92. The van der Waals surface area contributed by atoms with Crippen LogP contribution in [0, 0.1) is 0 Å². The highest BCUT2D eigenvalue weighted by atomic mass is 16.5. The molecule has 0 heterocycles. The first kappa shape index (κ1) is 10.8. The second-order valence-electron chi connectivity index (χ2n) is 2.31. The van der Waals surface area contributed by atoms with Crippen molar-refractivity contribution in [2.75, 3.05) is 6.61 Å². The fraction of sp³-hybridized carbons (Fsp3) is 0.625. The van der Waals surface area contributed by atoms with E-state index in [2.05, 4.69) is 4.74 Å². The van der Waals surface area contributed by atoms with Crippen LogP contribution in [0.2, 0.25) is 0 Å². The lowest BCUT2D eigenvalue weighted by atomic mass is 10.2. The normalized spacial score (nSPS) is 9.08. The topological polar surface area (TPSA) is 60.4 Å². The van der Waals surface area contributed by atoms with Crippen molar-refractivity contribution in [3.63, 3.8) is 0 Å². The second-order valence-corrected chi connectivity index (χ2v) is 2.31. The van der Waals surface area contributed by atoms with Gasteiger partial charge >= 0.3 is 5.97 Å². The molecule has 0 aromatic carbocycles. The number of ketones is 1. The minimum absolute atomic E-state index is 0.207. The Morgan fingerprint density at radius 2 is 2.08 bits per heavy atom. The summed E-state index contributed by atoms with van der Waals surface area (Å²) in [7, 11) is 0. The van der Waals surface area contributed by atoms with E-state index >= 15 is 0 Å². The van der Waals surface area contributed by atoms with Crippen molar-refractivity contribution in [1.29, 1.82) is 0 Å². The molecule has 0 aromatic rings. The van der Waals surface area contributed by atoms with E-state index in [1.54, 1.807) is 0 Å². The SMILES string of the molecule is CCCOC(=O)CC(=O)CC=O. The Balaban J connectivity index is 3.54. The van der Waals surface area contributed by atoms with E-state index in [4.69, 9.17) is 0 Å².